The Morgan fingerprint density at radius 1 is 1.22 bits per heavy atom. The Morgan fingerprint density at radius 2 is 2.00 bits per heavy atom. The van der Waals surface area contributed by atoms with Gasteiger partial charge in [-0.2, -0.15) is 5.10 Å². The third-order valence-corrected chi connectivity index (χ3v) is 5.71. The zero-order valence-electron chi connectivity index (χ0n) is 13.1. The van der Waals surface area contributed by atoms with Crippen molar-refractivity contribution >= 4 is 27.0 Å². The predicted molar refractivity (Wildman–Crippen MR) is 93.2 cm³/mol. The normalized spacial score (nSPS) is 11.6. The third-order valence-electron chi connectivity index (χ3n) is 3.47. The molecule has 0 aliphatic heterocycles. The highest BCUT2D eigenvalue weighted by Gasteiger charge is 2.24. The van der Waals surface area contributed by atoms with E-state index in [-0.39, 0.29) is 4.90 Å². The lowest BCUT2D eigenvalue weighted by molar-refractivity contribution is 0.601. The molecule has 1 aromatic carbocycles. The molecule has 0 aliphatic carbocycles. The van der Waals surface area contributed by atoms with Crippen LogP contribution >= 0.6 is 11.3 Å². The van der Waals surface area contributed by atoms with Crippen molar-refractivity contribution in [3.63, 3.8) is 0 Å². The molecule has 120 valence electrons. The number of nitrogens with zero attached hydrogens (tertiary/aromatic N) is 2. The number of aromatic nitrogens is 2. The second kappa shape index (κ2) is 5.82. The summed E-state index contributed by atoms with van der Waals surface area (Å²) in [6, 6.07) is 9.35. The Morgan fingerprint density at radius 3 is 2.65 bits per heavy atom. The molecular formula is C16H17N3O2S2. The minimum absolute atomic E-state index is 0.183. The quantitative estimate of drug-likeness (QED) is 0.785. The molecule has 5 nitrogen and oxygen atoms in total. The summed E-state index contributed by atoms with van der Waals surface area (Å²) in [5.74, 6) is 0. The van der Waals surface area contributed by atoms with E-state index in [1.54, 1.807) is 13.1 Å². The molecule has 3 aromatic rings. The standard InChI is InChI=1S/C16H17N3O2S2/c1-11-6-7-13(12(2)9-11)18-23(20,21)15-10-19(3)17-16(15)14-5-4-8-22-14/h4-10,18H,1-3H3. The molecule has 0 spiro atoms. The highest BCUT2D eigenvalue weighted by Crippen LogP contribution is 2.31. The Kier molecular flexibility index (Phi) is 3.99. The van der Waals surface area contributed by atoms with Crippen LogP contribution in [0.15, 0.2) is 46.8 Å². The fraction of sp³-hybridized carbons (Fsp3) is 0.188. The summed E-state index contributed by atoms with van der Waals surface area (Å²) < 4.78 is 29.8. The Balaban J connectivity index is 2.04. The lowest BCUT2D eigenvalue weighted by atomic mass is 10.1. The van der Waals surface area contributed by atoms with Gasteiger partial charge < -0.3 is 0 Å². The highest BCUT2D eigenvalue weighted by atomic mass is 32.2. The van der Waals surface area contributed by atoms with Crippen molar-refractivity contribution in [1.29, 1.82) is 0 Å². The molecule has 0 fully saturated rings. The summed E-state index contributed by atoms with van der Waals surface area (Å²) in [5.41, 5.74) is 3.03. The van der Waals surface area contributed by atoms with Crippen LogP contribution in [0.25, 0.3) is 10.6 Å². The van der Waals surface area contributed by atoms with E-state index in [2.05, 4.69) is 9.82 Å². The first-order valence-electron chi connectivity index (χ1n) is 7.04. The van der Waals surface area contributed by atoms with Crippen molar-refractivity contribution in [3.05, 3.63) is 53.0 Å². The van der Waals surface area contributed by atoms with Crippen LogP contribution in [0.4, 0.5) is 5.69 Å². The van der Waals surface area contributed by atoms with Gasteiger partial charge in [-0.25, -0.2) is 8.42 Å². The van der Waals surface area contributed by atoms with Crippen molar-refractivity contribution in [2.75, 3.05) is 4.72 Å². The van der Waals surface area contributed by atoms with Crippen LogP contribution in [-0.4, -0.2) is 18.2 Å². The van der Waals surface area contributed by atoms with Gasteiger partial charge in [-0.1, -0.05) is 23.8 Å². The topological polar surface area (TPSA) is 64.0 Å². The van der Waals surface area contributed by atoms with Gasteiger partial charge in [-0.3, -0.25) is 9.40 Å². The number of hydrogen-bond acceptors (Lipinski definition) is 4. The molecule has 0 atom stereocenters. The molecule has 0 radical (unpaired) electrons. The van der Waals surface area contributed by atoms with Crippen LogP contribution in [0.1, 0.15) is 11.1 Å². The summed E-state index contributed by atoms with van der Waals surface area (Å²) >= 11 is 1.46. The average molecular weight is 347 g/mol. The van der Waals surface area contributed by atoms with Crippen LogP contribution in [0, 0.1) is 13.8 Å². The van der Waals surface area contributed by atoms with E-state index in [1.807, 2.05) is 43.5 Å². The van der Waals surface area contributed by atoms with Gasteiger partial charge in [-0.05, 0) is 36.9 Å². The van der Waals surface area contributed by atoms with Gasteiger partial charge in [0.1, 0.15) is 10.6 Å². The molecule has 1 N–H and O–H groups in total. The smallest absolute Gasteiger partial charge is 0.265 e. The third kappa shape index (κ3) is 3.16. The molecule has 0 bridgehead atoms. The van der Waals surface area contributed by atoms with Gasteiger partial charge in [0.05, 0.1) is 10.6 Å². The number of benzene rings is 1. The van der Waals surface area contributed by atoms with E-state index in [0.29, 0.717) is 11.4 Å². The molecule has 0 saturated carbocycles. The van der Waals surface area contributed by atoms with Crippen LogP contribution in [0.2, 0.25) is 0 Å². The van der Waals surface area contributed by atoms with Crippen LogP contribution in [0.3, 0.4) is 0 Å². The second-order valence-electron chi connectivity index (χ2n) is 5.42. The summed E-state index contributed by atoms with van der Waals surface area (Å²) in [7, 11) is -2.00. The SMILES string of the molecule is Cc1ccc(NS(=O)(=O)c2cn(C)nc2-c2cccs2)c(C)c1. The van der Waals surface area contributed by atoms with E-state index < -0.39 is 10.0 Å². The van der Waals surface area contributed by atoms with Crippen molar-refractivity contribution in [2.45, 2.75) is 18.7 Å². The Labute approximate surface area is 139 Å². The zero-order valence-corrected chi connectivity index (χ0v) is 14.7. The van der Waals surface area contributed by atoms with E-state index in [9.17, 15) is 8.42 Å². The van der Waals surface area contributed by atoms with Crippen LogP contribution < -0.4 is 4.72 Å². The molecule has 3 rings (SSSR count). The van der Waals surface area contributed by atoms with Gasteiger partial charge in [0.25, 0.3) is 10.0 Å². The first-order chi connectivity index (χ1) is 10.9. The summed E-state index contributed by atoms with van der Waals surface area (Å²) in [6.07, 6.45) is 1.53. The van der Waals surface area contributed by atoms with Gasteiger partial charge in [-0.15, -0.1) is 11.3 Å². The van der Waals surface area contributed by atoms with Gasteiger partial charge in [0.2, 0.25) is 0 Å². The molecular weight excluding hydrogens is 330 g/mol. The minimum atomic E-state index is -3.71. The Hall–Kier alpha value is -2.12. The molecule has 23 heavy (non-hydrogen) atoms. The van der Waals surface area contributed by atoms with Crippen molar-refractivity contribution in [2.24, 2.45) is 7.05 Å². The maximum absolute atomic E-state index is 12.8. The molecule has 0 saturated heterocycles. The van der Waals surface area contributed by atoms with Gasteiger partial charge >= 0.3 is 0 Å². The monoisotopic (exact) mass is 347 g/mol. The first-order valence-corrected chi connectivity index (χ1v) is 9.41. The lowest BCUT2D eigenvalue weighted by Gasteiger charge is -2.10. The average Bonchev–Trinajstić information content (AvgIpc) is 3.11. The molecule has 7 heteroatoms. The van der Waals surface area contributed by atoms with Gasteiger partial charge in [0.15, 0.2) is 0 Å². The van der Waals surface area contributed by atoms with Crippen molar-refractivity contribution in [1.82, 2.24) is 9.78 Å². The van der Waals surface area contributed by atoms with Crippen LogP contribution in [0.5, 0.6) is 0 Å². The number of hydrogen-bond donors (Lipinski definition) is 1. The fourth-order valence-electron chi connectivity index (χ4n) is 2.38. The number of sulfonamides is 1. The van der Waals surface area contributed by atoms with Gasteiger partial charge in [0, 0.05) is 13.2 Å². The largest absolute Gasteiger partial charge is 0.279 e. The lowest BCUT2D eigenvalue weighted by Crippen LogP contribution is -2.14. The molecule has 0 unspecified atom stereocenters. The summed E-state index contributed by atoms with van der Waals surface area (Å²) in [4.78, 5) is 1.01. The molecule has 0 amide bonds. The Bertz CT molecular complexity index is 942. The maximum Gasteiger partial charge on any atom is 0.265 e. The molecule has 0 aliphatic rings. The first kappa shape index (κ1) is 15.8. The summed E-state index contributed by atoms with van der Waals surface area (Å²) in [6.45, 7) is 3.86. The van der Waals surface area contributed by atoms with Crippen molar-refractivity contribution in [3.8, 4) is 10.6 Å². The minimum Gasteiger partial charge on any atom is -0.279 e. The predicted octanol–water partition coefficient (Wildman–Crippen LogP) is 3.57. The fourth-order valence-corrected chi connectivity index (χ4v) is 4.49. The number of thiophene rings is 1. The number of aryl methyl sites for hydroxylation is 3. The number of anilines is 1. The number of rotatable bonds is 4. The number of nitrogens with one attached hydrogen (secondary N) is 1. The van der Waals surface area contributed by atoms with Crippen LogP contribution in [-0.2, 0) is 17.1 Å². The van der Waals surface area contributed by atoms with E-state index in [1.165, 1.54) is 22.2 Å². The second-order valence-corrected chi connectivity index (χ2v) is 8.02. The molecule has 2 aromatic heterocycles. The molecule has 2 heterocycles. The zero-order chi connectivity index (χ0) is 16.6. The van der Waals surface area contributed by atoms with Crippen molar-refractivity contribution < 1.29 is 8.42 Å². The summed E-state index contributed by atoms with van der Waals surface area (Å²) in [5, 5.41) is 6.21. The van der Waals surface area contributed by atoms with E-state index in [4.69, 9.17) is 0 Å². The maximum atomic E-state index is 12.8. The van der Waals surface area contributed by atoms with E-state index >= 15 is 0 Å². The highest BCUT2D eigenvalue weighted by molar-refractivity contribution is 7.92. The van der Waals surface area contributed by atoms with E-state index in [0.717, 1.165) is 16.0 Å².